The topological polar surface area (TPSA) is 24.7 Å². The second kappa shape index (κ2) is 5.24. The van der Waals surface area contributed by atoms with Gasteiger partial charge >= 0.3 is 0 Å². The molecule has 0 atom stereocenters. The smallest absolute Gasteiger partial charge is 0.0878 e. The minimum Gasteiger partial charge on any atom is -0.263 e. The highest BCUT2D eigenvalue weighted by Crippen LogP contribution is 2.11. The quantitative estimate of drug-likeness (QED) is 0.448. The standard InChI is InChI=1S/C10H14N2/c1-6-12-10(7-8(2)3)9(4)11-5/h6-7H,2,4-5H2,1,3H3/b10-7+,12-6?. The van der Waals surface area contributed by atoms with E-state index < -0.39 is 0 Å². The molecule has 0 amide bonds. The van der Waals surface area contributed by atoms with Crippen molar-refractivity contribution in [3.05, 3.63) is 36.2 Å². The first-order valence-corrected chi connectivity index (χ1v) is 3.63. The van der Waals surface area contributed by atoms with Crippen LogP contribution in [0, 0.1) is 0 Å². The van der Waals surface area contributed by atoms with Crippen molar-refractivity contribution in [3.8, 4) is 0 Å². The molecule has 0 N–H and O–H groups in total. The van der Waals surface area contributed by atoms with Crippen LogP contribution < -0.4 is 0 Å². The first-order chi connectivity index (χ1) is 5.61. The maximum Gasteiger partial charge on any atom is 0.0878 e. The largest absolute Gasteiger partial charge is 0.263 e. The Morgan fingerprint density at radius 1 is 1.33 bits per heavy atom. The Labute approximate surface area is 73.7 Å². The third kappa shape index (κ3) is 3.66. The number of aliphatic imine (C=N–C) groups is 2. The predicted molar refractivity (Wildman–Crippen MR) is 55.8 cm³/mol. The second-order valence-electron chi connectivity index (χ2n) is 2.37. The molecule has 0 radical (unpaired) electrons. The maximum atomic E-state index is 4.08. The van der Waals surface area contributed by atoms with Gasteiger partial charge < -0.3 is 0 Å². The fourth-order valence-electron chi connectivity index (χ4n) is 0.649. The van der Waals surface area contributed by atoms with E-state index in [9.17, 15) is 0 Å². The molecule has 0 unspecified atom stereocenters. The molecular formula is C10H14N2. The summed E-state index contributed by atoms with van der Waals surface area (Å²) in [7, 11) is 0. The third-order valence-electron chi connectivity index (χ3n) is 1.14. The molecule has 0 rings (SSSR count). The molecule has 0 aromatic rings. The minimum absolute atomic E-state index is 0.566. The molecule has 64 valence electrons. The highest BCUT2D eigenvalue weighted by Gasteiger charge is 1.95. The van der Waals surface area contributed by atoms with Gasteiger partial charge in [0.2, 0.25) is 0 Å². The summed E-state index contributed by atoms with van der Waals surface area (Å²) in [6.07, 6.45) is 3.50. The van der Waals surface area contributed by atoms with E-state index in [1.165, 1.54) is 0 Å². The van der Waals surface area contributed by atoms with E-state index in [2.05, 4.69) is 29.9 Å². The van der Waals surface area contributed by atoms with Crippen molar-refractivity contribution >= 4 is 12.9 Å². The number of allylic oxidation sites excluding steroid dienone is 2. The molecule has 0 aromatic carbocycles. The van der Waals surface area contributed by atoms with Crippen LogP contribution >= 0.6 is 0 Å². The second-order valence-corrected chi connectivity index (χ2v) is 2.37. The van der Waals surface area contributed by atoms with Gasteiger partial charge in [-0.2, -0.15) is 0 Å². The molecule has 0 bridgehead atoms. The number of nitrogens with zero attached hydrogens (tertiary/aromatic N) is 2. The van der Waals surface area contributed by atoms with Crippen molar-refractivity contribution in [3.63, 3.8) is 0 Å². The zero-order valence-corrected chi connectivity index (χ0v) is 7.67. The van der Waals surface area contributed by atoms with Gasteiger partial charge in [0, 0.05) is 6.21 Å². The first kappa shape index (κ1) is 10.6. The van der Waals surface area contributed by atoms with E-state index in [1.54, 1.807) is 6.21 Å². The Morgan fingerprint density at radius 2 is 1.92 bits per heavy atom. The average molecular weight is 162 g/mol. The van der Waals surface area contributed by atoms with E-state index in [-0.39, 0.29) is 0 Å². The predicted octanol–water partition coefficient (Wildman–Crippen LogP) is 2.75. The van der Waals surface area contributed by atoms with Crippen LogP contribution in [0.4, 0.5) is 0 Å². The summed E-state index contributed by atoms with van der Waals surface area (Å²) in [5.74, 6) is 0. The first-order valence-electron chi connectivity index (χ1n) is 3.63. The van der Waals surface area contributed by atoms with Gasteiger partial charge in [0.25, 0.3) is 0 Å². The summed E-state index contributed by atoms with van der Waals surface area (Å²) in [6, 6.07) is 0. The molecule has 2 heteroatoms. The lowest BCUT2D eigenvalue weighted by Gasteiger charge is -1.98. The summed E-state index contributed by atoms with van der Waals surface area (Å²) in [5, 5.41) is 0. The fraction of sp³-hybridized carbons (Fsp3) is 0.200. The molecule has 0 heterocycles. The monoisotopic (exact) mass is 162 g/mol. The van der Waals surface area contributed by atoms with Crippen molar-refractivity contribution < 1.29 is 0 Å². The molecule has 0 spiro atoms. The molecule has 0 fully saturated rings. The Balaban J connectivity index is 4.77. The summed E-state index contributed by atoms with van der Waals surface area (Å²) >= 11 is 0. The lowest BCUT2D eigenvalue weighted by molar-refractivity contribution is 1.25. The van der Waals surface area contributed by atoms with Gasteiger partial charge in [0.05, 0.1) is 11.4 Å². The summed E-state index contributed by atoms with van der Waals surface area (Å²) in [4.78, 5) is 7.77. The Bertz CT molecular complexity index is 257. The van der Waals surface area contributed by atoms with Crippen molar-refractivity contribution in [1.29, 1.82) is 0 Å². The molecule has 0 saturated carbocycles. The van der Waals surface area contributed by atoms with Gasteiger partial charge in [0.1, 0.15) is 0 Å². The van der Waals surface area contributed by atoms with Gasteiger partial charge in [-0.3, -0.25) is 9.98 Å². The van der Waals surface area contributed by atoms with Crippen LogP contribution in [0.1, 0.15) is 13.8 Å². The molecule has 0 aliphatic rings. The molecule has 0 aromatic heterocycles. The third-order valence-corrected chi connectivity index (χ3v) is 1.14. The molecular weight excluding hydrogens is 148 g/mol. The van der Waals surface area contributed by atoms with Gasteiger partial charge in [-0.15, -0.1) is 0 Å². The van der Waals surface area contributed by atoms with Gasteiger partial charge in [0.15, 0.2) is 0 Å². The zero-order chi connectivity index (χ0) is 9.56. The highest BCUT2D eigenvalue weighted by atomic mass is 14.8. The molecule has 12 heavy (non-hydrogen) atoms. The van der Waals surface area contributed by atoms with Crippen LogP contribution in [0.2, 0.25) is 0 Å². The van der Waals surface area contributed by atoms with Gasteiger partial charge in [-0.1, -0.05) is 18.7 Å². The van der Waals surface area contributed by atoms with Crippen LogP contribution in [0.25, 0.3) is 0 Å². The van der Waals surface area contributed by atoms with Crippen molar-refractivity contribution in [2.75, 3.05) is 0 Å². The average Bonchev–Trinajstić information content (AvgIpc) is 2.01. The SMILES string of the molecule is C=NC(=C)/C(=C\C(=C)C)N=CC. The van der Waals surface area contributed by atoms with Crippen molar-refractivity contribution in [2.24, 2.45) is 9.98 Å². The molecule has 0 aliphatic carbocycles. The van der Waals surface area contributed by atoms with Crippen LogP contribution in [0.3, 0.4) is 0 Å². The van der Waals surface area contributed by atoms with Crippen molar-refractivity contribution in [1.82, 2.24) is 0 Å². The Kier molecular flexibility index (Phi) is 4.61. The summed E-state index contributed by atoms with van der Waals surface area (Å²) < 4.78 is 0. The zero-order valence-electron chi connectivity index (χ0n) is 7.67. The minimum atomic E-state index is 0.566. The Hall–Kier alpha value is -1.44. The fourth-order valence-corrected chi connectivity index (χ4v) is 0.649. The molecule has 0 saturated heterocycles. The van der Waals surface area contributed by atoms with Crippen molar-refractivity contribution in [2.45, 2.75) is 13.8 Å². The van der Waals surface area contributed by atoms with E-state index in [4.69, 9.17) is 0 Å². The van der Waals surface area contributed by atoms with Crippen LogP contribution in [-0.2, 0) is 0 Å². The van der Waals surface area contributed by atoms with Crippen LogP contribution in [0.15, 0.2) is 46.2 Å². The van der Waals surface area contributed by atoms with E-state index in [1.807, 2.05) is 19.9 Å². The number of rotatable bonds is 4. The van der Waals surface area contributed by atoms with Gasteiger partial charge in [-0.05, 0) is 26.6 Å². The molecule has 2 nitrogen and oxygen atoms in total. The van der Waals surface area contributed by atoms with E-state index in [0.717, 1.165) is 5.57 Å². The number of hydrogen-bond donors (Lipinski definition) is 0. The van der Waals surface area contributed by atoms with Crippen LogP contribution in [-0.4, -0.2) is 12.9 Å². The lowest BCUT2D eigenvalue weighted by atomic mass is 10.2. The molecule has 0 aliphatic heterocycles. The number of hydrogen-bond acceptors (Lipinski definition) is 2. The Morgan fingerprint density at radius 3 is 2.25 bits per heavy atom. The van der Waals surface area contributed by atoms with E-state index in [0.29, 0.717) is 11.4 Å². The summed E-state index contributed by atoms with van der Waals surface area (Å²) in [5.41, 5.74) is 2.19. The highest BCUT2D eigenvalue weighted by molar-refractivity contribution is 5.57. The maximum absolute atomic E-state index is 4.08. The van der Waals surface area contributed by atoms with E-state index >= 15 is 0 Å². The lowest BCUT2D eigenvalue weighted by Crippen LogP contribution is -1.82. The van der Waals surface area contributed by atoms with Gasteiger partial charge in [-0.25, -0.2) is 0 Å². The van der Waals surface area contributed by atoms with Crippen LogP contribution in [0.5, 0.6) is 0 Å². The summed E-state index contributed by atoms with van der Waals surface area (Å²) in [6.45, 7) is 14.5. The normalized spacial score (nSPS) is 11.7.